The number of hydrogen-bond acceptors (Lipinski definition) is 6. The van der Waals surface area contributed by atoms with Gasteiger partial charge in [-0.05, 0) is 55.3 Å². The smallest absolute Gasteiger partial charge is 0.162 e. The van der Waals surface area contributed by atoms with E-state index in [2.05, 4.69) is 64.5 Å². The molecule has 0 saturated carbocycles. The minimum absolute atomic E-state index is 0.468. The number of piperazine rings is 1. The van der Waals surface area contributed by atoms with Crippen LogP contribution in [0, 0.1) is 0 Å². The van der Waals surface area contributed by atoms with Gasteiger partial charge < -0.3 is 16.0 Å². The highest BCUT2D eigenvalue weighted by atomic mass is 15.2. The van der Waals surface area contributed by atoms with Gasteiger partial charge in [-0.1, -0.05) is 24.3 Å². The van der Waals surface area contributed by atoms with Gasteiger partial charge in [-0.3, -0.25) is 0 Å². The summed E-state index contributed by atoms with van der Waals surface area (Å²) < 4.78 is 1.85. The van der Waals surface area contributed by atoms with Crippen LogP contribution in [0.3, 0.4) is 0 Å². The van der Waals surface area contributed by atoms with Crippen molar-refractivity contribution in [1.29, 1.82) is 0 Å². The molecule has 1 aliphatic heterocycles. The molecule has 0 amide bonds. The number of rotatable bonds is 3. The summed E-state index contributed by atoms with van der Waals surface area (Å²) in [5.74, 6) is 0.513. The SMILES string of the molecule is CC1CNCC(C)N1c1ccc(-c2cnc3c(-c4cccc5nc(N)ccc45)cnn3c2)cc1. The lowest BCUT2D eigenvalue weighted by Gasteiger charge is -2.41. The first-order valence-corrected chi connectivity index (χ1v) is 11.7. The third-order valence-electron chi connectivity index (χ3n) is 6.73. The standard InChI is InChI=1S/C27H27N7/c1-17-12-29-13-18(2)34(17)21-8-6-19(7-9-21)20-14-30-27-24(15-31-33(27)16-20)22-4-3-5-25-23(22)10-11-26(28)32-25/h3-11,14-18,29H,12-13H2,1-2H3,(H2,28,32). The van der Waals surface area contributed by atoms with Crippen molar-refractivity contribution in [2.75, 3.05) is 23.7 Å². The Bertz CT molecular complexity index is 1480. The summed E-state index contributed by atoms with van der Waals surface area (Å²) in [7, 11) is 0. The molecule has 0 radical (unpaired) electrons. The van der Waals surface area contributed by atoms with E-state index in [0.717, 1.165) is 51.9 Å². The van der Waals surface area contributed by atoms with E-state index in [4.69, 9.17) is 10.7 Å². The van der Waals surface area contributed by atoms with Gasteiger partial charge in [0.1, 0.15) is 5.82 Å². The van der Waals surface area contributed by atoms with Gasteiger partial charge >= 0.3 is 0 Å². The maximum absolute atomic E-state index is 5.87. The van der Waals surface area contributed by atoms with Crippen molar-refractivity contribution < 1.29 is 0 Å². The second-order valence-electron chi connectivity index (χ2n) is 9.09. The third-order valence-corrected chi connectivity index (χ3v) is 6.73. The number of nitrogens with zero attached hydrogens (tertiary/aromatic N) is 5. The summed E-state index contributed by atoms with van der Waals surface area (Å²) >= 11 is 0. The Kier molecular flexibility index (Phi) is 4.92. The fourth-order valence-corrected chi connectivity index (χ4v) is 5.09. The molecule has 34 heavy (non-hydrogen) atoms. The van der Waals surface area contributed by atoms with E-state index in [9.17, 15) is 0 Å². The van der Waals surface area contributed by atoms with Crippen LogP contribution in [0.15, 0.2) is 73.2 Å². The summed E-state index contributed by atoms with van der Waals surface area (Å²) in [4.78, 5) is 11.7. The Morgan fingerprint density at radius 3 is 2.47 bits per heavy atom. The maximum Gasteiger partial charge on any atom is 0.162 e. The zero-order valence-electron chi connectivity index (χ0n) is 19.3. The van der Waals surface area contributed by atoms with Crippen LogP contribution >= 0.6 is 0 Å². The van der Waals surface area contributed by atoms with Crippen molar-refractivity contribution >= 4 is 28.1 Å². The average Bonchev–Trinajstić information content (AvgIpc) is 3.27. The maximum atomic E-state index is 5.87. The lowest BCUT2D eigenvalue weighted by molar-refractivity contribution is 0.432. The molecule has 6 rings (SSSR count). The topological polar surface area (TPSA) is 84.4 Å². The minimum Gasteiger partial charge on any atom is -0.384 e. The zero-order chi connectivity index (χ0) is 23.2. The molecule has 3 aromatic heterocycles. The van der Waals surface area contributed by atoms with Gasteiger partial charge in [-0.25, -0.2) is 14.5 Å². The van der Waals surface area contributed by atoms with Crippen molar-refractivity contribution in [2.45, 2.75) is 25.9 Å². The normalized spacial score (nSPS) is 18.6. The van der Waals surface area contributed by atoms with E-state index >= 15 is 0 Å². The first-order valence-electron chi connectivity index (χ1n) is 11.7. The van der Waals surface area contributed by atoms with E-state index in [0.29, 0.717) is 17.9 Å². The Hall–Kier alpha value is -3.97. The highest BCUT2D eigenvalue weighted by Gasteiger charge is 2.24. The highest BCUT2D eigenvalue weighted by Crippen LogP contribution is 2.32. The average molecular weight is 450 g/mol. The van der Waals surface area contributed by atoms with E-state index in [1.54, 1.807) is 0 Å². The molecule has 1 fully saturated rings. The molecular formula is C27H27N7. The number of anilines is 2. The van der Waals surface area contributed by atoms with Crippen molar-refractivity contribution in [1.82, 2.24) is 24.9 Å². The summed E-state index contributed by atoms with van der Waals surface area (Å²) in [6.07, 6.45) is 5.83. The minimum atomic E-state index is 0.468. The lowest BCUT2D eigenvalue weighted by Crippen LogP contribution is -2.55. The molecule has 2 unspecified atom stereocenters. The molecule has 1 aliphatic rings. The second-order valence-corrected chi connectivity index (χ2v) is 9.09. The molecule has 0 bridgehead atoms. The largest absolute Gasteiger partial charge is 0.384 e. The van der Waals surface area contributed by atoms with Crippen molar-refractivity contribution in [3.63, 3.8) is 0 Å². The molecule has 170 valence electrons. The number of nitrogens with two attached hydrogens (primary N) is 1. The summed E-state index contributed by atoms with van der Waals surface area (Å²) in [5, 5.41) is 9.14. The molecule has 0 spiro atoms. The predicted octanol–water partition coefficient (Wildman–Crippen LogP) is 4.38. The number of pyridine rings is 1. The number of nitrogen functional groups attached to an aromatic ring is 1. The molecule has 7 heteroatoms. The molecule has 5 aromatic rings. The van der Waals surface area contributed by atoms with Crippen LogP contribution in [0.25, 0.3) is 38.8 Å². The predicted molar refractivity (Wildman–Crippen MR) is 138 cm³/mol. The van der Waals surface area contributed by atoms with Crippen LogP contribution in [0.1, 0.15) is 13.8 Å². The monoisotopic (exact) mass is 449 g/mol. The van der Waals surface area contributed by atoms with Gasteiger partial charge in [0.15, 0.2) is 5.65 Å². The van der Waals surface area contributed by atoms with Gasteiger partial charge in [0.2, 0.25) is 0 Å². The highest BCUT2D eigenvalue weighted by molar-refractivity contribution is 5.98. The van der Waals surface area contributed by atoms with E-state index in [-0.39, 0.29) is 0 Å². The number of aromatic nitrogens is 4. The van der Waals surface area contributed by atoms with Gasteiger partial charge in [-0.2, -0.15) is 5.10 Å². The van der Waals surface area contributed by atoms with Crippen molar-refractivity contribution in [3.05, 3.63) is 73.2 Å². The van der Waals surface area contributed by atoms with Crippen LogP contribution in [0.4, 0.5) is 11.5 Å². The van der Waals surface area contributed by atoms with Crippen molar-refractivity contribution in [2.24, 2.45) is 0 Å². The molecule has 4 heterocycles. The van der Waals surface area contributed by atoms with Crippen LogP contribution in [-0.2, 0) is 0 Å². The molecule has 2 aromatic carbocycles. The Morgan fingerprint density at radius 1 is 0.882 bits per heavy atom. The van der Waals surface area contributed by atoms with Crippen LogP contribution in [0.5, 0.6) is 0 Å². The van der Waals surface area contributed by atoms with Crippen molar-refractivity contribution in [3.8, 4) is 22.3 Å². The second kappa shape index (κ2) is 8.11. The molecule has 2 atom stereocenters. The van der Waals surface area contributed by atoms with Gasteiger partial charge in [0.25, 0.3) is 0 Å². The molecule has 1 saturated heterocycles. The van der Waals surface area contributed by atoms with Gasteiger partial charge in [0.05, 0.1) is 11.7 Å². The Morgan fingerprint density at radius 2 is 1.68 bits per heavy atom. The van der Waals surface area contributed by atoms with Gasteiger partial charge in [0, 0.05) is 59.8 Å². The summed E-state index contributed by atoms with van der Waals surface area (Å²) in [6.45, 7) is 6.55. The summed E-state index contributed by atoms with van der Waals surface area (Å²) in [6, 6.07) is 19.6. The summed E-state index contributed by atoms with van der Waals surface area (Å²) in [5.41, 5.74) is 13.0. The van der Waals surface area contributed by atoms with E-state index in [1.807, 2.05) is 47.4 Å². The van der Waals surface area contributed by atoms with Crippen LogP contribution in [-0.4, -0.2) is 44.8 Å². The number of benzene rings is 2. The number of nitrogens with one attached hydrogen (secondary N) is 1. The first kappa shape index (κ1) is 20.6. The number of fused-ring (bicyclic) bond motifs is 2. The molecular weight excluding hydrogens is 422 g/mol. The fraction of sp³-hybridized carbons (Fsp3) is 0.222. The van der Waals surface area contributed by atoms with Crippen LogP contribution in [0.2, 0.25) is 0 Å². The van der Waals surface area contributed by atoms with Crippen LogP contribution < -0.4 is 16.0 Å². The Labute approximate surface area is 198 Å². The molecule has 7 nitrogen and oxygen atoms in total. The van der Waals surface area contributed by atoms with Gasteiger partial charge in [-0.15, -0.1) is 0 Å². The Balaban J connectivity index is 1.35. The quantitative estimate of drug-likeness (QED) is 0.425. The first-order chi connectivity index (χ1) is 16.6. The van der Waals surface area contributed by atoms with E-state index in [1.165, 1.54) is 5.69 Å². The lowest BCUT2D eigenvalue weighted by atomic mass is 10.0. The molecule has 0 aliphatic carbocycles. The van der Waals surface area contributed by atoms with E-state index < -0.39 is 0 Å². The third kappa shape index (κ3) is 3.45. The molecule has 3 N–H and O–H groups in total. The zero-order valence-corrected chi connectivity index (χ0v) is 19.3. The number of hydrogen-bond donors (Lipinski definition) is 2. The fourth-order valence-electron chi connectivity index (χ4n) is 5.09.